The Balaban J connectivity index is 1.92. The van der Waals surface area contributed by atoms with E-state index in [1.54, 1.807) is 12.1 Å². The largest absolute Gasteiger partial charge is 0.238 e. The first kappa shape index (κ1) is 20.0. The third-order valence-electron chi connectivity index (χ3n) is 4.45. The van der Waals surface area contributed by atoms with Gasteiger partial charge in [0.1, 0.15) is 0 Å². The minimum Gasteiger partial charge on any atom is -0.232 e. The topological polar surface area (TPSA) is 78.0 Å². The minimum atomic E-state index is -3.76. The molecule has 2 N–H and O–H groups in total. The average Bonchev–Trinajstić information content (AvgIpc) is 3.13. The number of nitrogens with two attached hydrogens (primary N) is 1. The normalized spacial score (nSPS) is 11.6. The van der Waals surface area contributed by atoms with E-state index < -0.39 is 10.0 Å². The molecule has 0 unspecified atom stereocenters. The Labute approximate surface area is 185 Å². The third-order valence-corrected chi connectivity index (χ3v) is 6.44. The Bertz CT molecular complexity index is 1200. The Hall–Kier alpha value is -2.26. The summed E-state index contributed by atoms with van der Waals surface area (Å²) < 4.78 is 27.0. The zero-order chi connectivity index (χ0) is 20.6. The van der Waals surface area contributed by atoms with Crippen LogP contribution in [0.5, 0.6) is 0 Å². The Morgan fingerprint density at radius 2 is 1.28 bits per heavy atom. The molecular weight excluding hydrogens is 518 g/mol. The maximum Gasteiger partial charge on any atom is 0.238 e. The maximum atomic E-state index is 11.6. The lowest BCUT2D eigenvalue weighted by Gasteiger charge is -2.11. The number of benzene rings is 3. The molecule has 0 aliphatic rings. The van der Waals surface area contributed by atoms with E-state index in [4.69, 9.17) is 5.14 Å². The molecule has 4 aromatic rings. The van der Waals surface area contributed by atoms with Crippen LogP contribution in [0, 0.1) is 0 Å². The van der Waals surface area contributed by atoms with Crippen molar-refractivity contribution < 1.29 is 8.42 Å². The molecule has 0 saturated heterocycles. The predicted molar refractivity (Wildman–Crippen MR) is 121 cm³/mol. The van der Waals surface area contributed by atoms with Crippen molar-refractivity contribution in [3.8, 4) is 28.1 Å². The minimum absolute atomic E-state index is 0.0705. The van der Waals surface area contributed by atoms with Crippen LogP contribution in [0.15, 0.2) is 92.8 Å². The molecule has 0 atom stereocenters. The number of hydrogen-bond acceptors (Lipinski definition) is 3. The number of primary sulfonamides is 1. The highest BCUT2D eigenvalue weighted by Crippen LogP contribution is 2.35. The van der Waals surface area contributed by atoms with Crippen molar-refractivity contribution in [1.29, 1.82) is 0 Å². The van der Waals surface area contributed by atoms with Crippen LogP contribution < -0.4 is 5.14 Å². The van der Waals surface area contributed by atoms with E-state index in [1.165, 1.54) is 12.1 Å². The van der Waals surface area contributed by atoms with Gasteiger partial charge in [0.25, 0.3) is 0 Å². The van der Waals surface area contributed by atoms with Gasteiger partial charge < -0.3 is 0 Å². The zero-order valence-electron chi connectivity index (χ0n) is 15.0. The fourth-order valence-electron chi connectivity index (χ4n) is 3.05. The maximum absolute atomic E-state index is 11.6. The van der Waals surface area contributed by atoms with Crippen LogP contribution in [0.3, 0.4) is 0 Å². The lowest BCUT2D eigenvalue weighted by Crippen LogP contribution is -2.11. The molecule has 0 aliphatic carbocycles. The first-order valence-electron chi connectivity index (χ1n) is 8.56. The summed E-state index contributed by atoms with van der Waals surface area (Å²) in [6.45, 7) is 0. The number of aromatic nitrogens is 2. The van der Waals surface area contributed by atoms with Gasteiger partial charge in [-0.05, 0) is 54.1 Å². The molecule has 5 nitrogen and oxygen atoms in total. The number of rotatable bonds is 4. The van der Waals surface area contributed by atoms with Gasteiger partial charge in [0, 0.05) is 20.1 Å². The second-order valence-electron chi connectivity index (χ2n) is 6.37. The van der Waals surface area contributed by atoms with Crippen LogP contribution in [-0.2, 0) is 10.0 Å². The van der Waals surface area contributed by atoms with E-state index in [-0.39, 0.29) is 4.90 Å². The Morgan fingerprint density at radius 3 is 1.83 bits per heavy atom. The van der Waals surface area contributed by atoms with E-state index >= 15 is 0 Å². The van der Waals surface area contributed by atoms with Crippen molar-refractivity contribution in [3.05, 3.63) is 87.9 Å². The molecule has 146 valence electrons. The lowest BCUT2D eigenvalue weighted by molar-refractivity contribution is 0.598. The van der Waals surface area contributed by atoms with Gasteiger partial charge >= 0.3 is 0 Å². The molecule has 0 radical (unpaired) electrons. The van der Waals surface area contributed by atoms with Crippen molar-refractivity contribution >= 4 is 41.9 Å². The van der Waals surface area contributed by atoms with Crippen molar-refractivity contribution in [2.45, 2.75) is 4.90 Å². The summed E-state index contributed by atoms with van der Waals surface area (Å²) >= 11 is 6.92. The summed E-state index contributed by atoms with van der Waals surface area (Å²) in [4.78, 5) is 0.0705. The monoisotopic (exact) mass is 531 g/mol. The SMILES string of the molecule is NS(=O)(=O)c1ccc(-c2c(-c3ccc(Br)cc3)cnn2-c2ccc(Br)cc2)cc1. The number of sulfonamides is 1. The molecule has 0 spiro atoms. The van der Waals surface area contributed by atoms with Gasteiger partial charge in [-0.15, -0.1) is 0 Å². The molecule has 4 rings (SSSR count). The summed E-state index contributed by atoms with van der Waals surface area (Å²) in [5.74, 6) is 0. The molecule has 0 fully saturated rings. The summed E-state index contributed by atoms with van der Waals surface area (Å²) in [6, 6.07) is 22.3. The van der Waals surface area contributed by atoms with Crippen molar-refractivity contribution in [1.82, 2.24) is 9.78 Å². The van der Waals surface area contributed by atoms with Gasteiger partial charge in [-0.1, -0.05) is 56.1 Å². The molecule has 3 aromatic carbocycles. The second-order valence-corrected chi connectivity index (χ2v) is 9.76. The van der Waals surface area contributed by atoms with E-state index in [2.05, 4.69) is 37.0 Å². The highest BCUT2D eigenvalue weighted by Gasteiger charge is 2.17. The number of halogens is 2. The van der Waals surface area contributed by atoms with E-state index in [0.29, 0.717) is 0 Å². The molecule has 0 saturated carbocycles. The van der Waals surface area contributed by atoms with Crippen molar-refractivity contribution in [2.24, 2.45) is 5.14 Å². The van der Waals surface area contributed by atoms with Crippen molar-refractivity contribution in [2.75, 3.05) is 0 Å². The lowest BCUT2D eigenvalue weighted by atomic mass is 10.0. The van der Waals surface area contributed by atoms with Crippen LogP contribution >= 0.6 is 31.9 Å². The predicted octanol–water partition coefficient (Wildman–Crippen LogP) is 5.38. The van der Waals surface area contributed by atoms with E-state index in [9.17, 15) is 8.42 Å². The van der Waals surface area contributed by atoms with E-state index in [0.717, 1.165) is 37.0 Å². The molecule has 8 heteroatoms. The Morgan fingerprint density at radius 1 is 0.759 bits per heavy atom. The average molecular weight is 533 g/mol. The molecule has 0 bridgehead atoms. The first-order valence-corrected chi connectivity index (χ1v) is 11.7. The molecule has 29 heavy (non-hydrogen) atoms. The summed E-state index contributed by atoms with van der Waals surface area (Å²) in [5.41, 5.74) is 4.51. The fraction of sp³-hybridized carbons (Fsp3) is 0. The smallest absolute Gasteiger partial charge is 0.232 e. The molecule has 0 amide bonds. The van der Waals surface area contributed by atoms with Gasteiger partial charge in [0.2, 0.25) is 10.0 Å². The zero-order valence-corrected chi connectivity index (χ0v) is 18.9. The fourth-order valence-corrected chi connectivity index (χ4v) is 4.09. The number of hydrogen-bond donors (Lipinski definition) is 1. The van der Waals surface area contributed by atoms with Gasteiger partial charge in [0.05, 0.1) is 22.5 Å². The van der Waals surface area contributed by atoms with Gasteiger partial charge in [-0.25, -0.2) is 18.2 Å². The molecule has 0 aliphatic heterocycles. The first-order chi connectivity index (χ1) is 13.8. The quantitative estimate of drug-likeness (QED) is 0.383. The van der Waals surface area contributed by atoms with Crippen LogP contribution in [0.25, 0.3) is 28.1 Å². The molecule has 1 heterocycles. The number of nitrogens with zero attached hydrogens (tertiary/aromatic N) is 2. The second kappa shape index (κ2) is 7.87. The van der Waals surface area contributed by atoms with E-state index in [1.807, 2.05) is 59.4 Å². The van der Waals surface area contributed by atoms with Crippen LogP contribution in [0.4, 0.5) is 0 Å². The summed E-state index contributed by atoms with van der Waals surface area (Å²) in [5, 5.41) is 9.85. The summed E-state index contributed by atoms with van der Waals surface area (Å²) in [6.07, 6.45) is 1.81. The van der Waals surface area contributed by atoms with Gasteiger partial charge in [0.15, 0.2) is 0 Å². The van der Waals surface area contributed by atoms with Gasteiger partial charge in [-0.2, -0.15) is 5.10 Å². The van der Waals surface area contributed by atoms with Crippen molar-refractivity contribution in [3.63, 3.8) is 0 Å². The van der Waals surface area contributed by atoms with Crippen LogP contribution in [0.2, 0.25) is 0 Å². The van der Waals surface area contributed by atoms with Gasteiger partial charge in [-0.3, -0.25) is 0 Å². The summed E-state index contributed by atoms with van der Waals surface area (Å²) in [7, 11) is -3.76. The highest BCUT2D eigenvalue weighted by molar-refractivity contribution is 9.10. The van der Waals surface area contributed by atoms with Crippen LogP contribution in [-0.4, -0.2) is 18.2 Å². The molecular formula is C21H15Br2N3O2S. The Kier molecular flexibility index (Phi) is 5.44. The third kappa shape index (κ3) is 4.20. The van der Waals surface area contributed by atoms with Crippen LogP contribution in [0.1, 0.15) is 0 Å². The highest BCUT2D eigenvalue weighted by atomic mass is 79.9. The molecule has 1 aromatic heterocycles. The standard InChI is InChI=1S/C21H15Br2N3O2S/c22-16-5-1-14(2-6-16)20-13-25-26(18-9-7-17(23)8-10-18)21(20)15-3-11-19(12-4-15)29(24,27)28/h1-13H,(H2,24,27,28).